The van der Waals surface area contributed by atoms with Crippen LogP contribution in [0, 0.1) is 10.6 Å². The first kappa shape index (κ1) is 17.8. The first-order chi connectivity index (χ1) is 12.0. The van der Waals surface area contributed by atoms with Crippen molar-refractivity contribution in [3.8, 4) is 5.69 Å². The van der Waals surface area contributed by atoms with Crippen molar-refractivity contribution in [2.75, 3.05) is 0 Å². The molecule has 0 radical (unpaired) electrons. The van der Waals surface area contributed by atoms with Crippen LogP contribution in [0.25, 0.3) is 5.69 Å². The van der Waals surface area contributed by atoms with Crippen LogP contribution in [-0.4, -0.2) is 14.8 Å². The van der Waals surface area contributed by atoms with Crippen molar-refractivity contribution in [3.05, 3.63) is 75.0 Å². The van der Waals surface area contributed by atoms with Crippen molar-refractivity contribution >= 4 is 23.8 Å². The first-order valence-corrected chi connectivity index (χ1v) is 8.99. The average molecular weight is 376 g/mol. The molecule has 1 atom stereocenters. The first-order valence-electron chi connectivity index (χ1n) is 8.20. The van der Waals surface area contributed by atoms with Crippen LogP contribution < -0.4 is 0 Å². The third-order valence-corrected chi connectivity index (χ3v) is 5.10. The van der Waals surface area contributed by atoms with E-state index in [-0.39, 0.29) is 12.2 Å². The summed E-state index contributed by atoms with van der Waals surface area (Å²) >= 11 is 11.5. The minimum absolute atomic E-state index is 0.256. The maximum absolute atomic E-state index is 14.1. The van der Waals surface area contributed by atoms with Crippen LogP contribution in [0.1, 0.15) is 43.1 Å². The Bertz CT molecular complexity index is 910. The molecular weight excluding hydrogens is 357 g/mol. The Balaban J connectivity index is 1.99. The van der Waals surface area contributed by atoms with Crippen molar-refractivity contribution in [2.24, 2.45) is 0 Å². The molecule has 3 rings (SSSR count). The average Bonchev–Trinajstić information content (AvgIpc) is 2.98. The Morgan fingerprint density at radius 2 is 1.96 bits per heavy atom. The lowest BCUT2D eigenvalue weighted by Crippen LogP contribution is -2.05. The van der Waals surface area contributed by atoms with Gasteiger partial charge in [-0.3, -0.25) is 9.67 Å². The van der Waals surface area contributed by atoms with Crippen LogP contribution in [0.15, 0.2) is 42.5 Å². The summed E-state index contributed by atoms with van der Waals surface area (Å²) in [7, 11) is 0. The molecular formula is C19H19ClFN3S. The fourth-order valence-corrected chi connectivity index (χ4v) is 3.25. The van der Waals surface area contributed by atoms with Crippen LogP contribution in [-0.2, 0) is 6.42 Å². The number of nitrogens with one attached hydrogen (secondary N) is 1. The lowest BCUT2D eigenvalue weighted by molar-refractivity contribution is 0.611. The summed E-state index contributed by atoms with van der Waals surface area (Å²) in [6.45, 7) is 4.37. The number of benzene rings is 2. The summed E-state index contributed by atoms with van der Waals surface area (Å²) < 4.78 is 16.4. The fraction of sp³-hybridized carbons (Fsp3) is 0.263. The maximum Gasteiger partial charge on any atom is 0.199 e. The van der Waals surface area contributed by atoms with Gasteiger partial charge in [-0.2, -0.15) is 5.10 Å². The molecule has 2 aromatic carbocycles. The van der Waals surface area contributed by atoms with Gasteiger partial charge in [-0.25, -0.2) is 4.39 Å². The highest BCUT2D eigenvalue weighted by Gasteiger charge is 2.14. The molecule has 0 aliphatic rings. The van der Waals surface area contributed by atoms with E-state index in [1.165, 1.54) is 11.6 Å². The van der Waals surface area contributed by atoms with Crippen LogP contribution in [0.2, 0.25) is 5.02 Å². The van der Waals surface area contributed by atoms with Crippen LogP contribution in [0.4, 0.5) is 4.39 Å². The minimum atomic E-state index is -0.347. The predicted octanol–water partition coefficient (Wildman–Crippen LogP) is 5.83. The van der Waals surface area contributed by atoms with E-state index in [0.29, 0.717) is 27.1 Å². The molecule has 0 saturated heterocycles. The maximum atomic E-state index is 14.1. The van der Waals surface area contributed by atoms with Gasteiger partial charge in [0.2, 0.25) is 0 Å². The van der Waals surface area contributed by atoms with Gasteiger partial charge < -0.3 is 0 Å². The fourth-order valence-electron chi connectivity index (χ4n) is 2.76. The lowest BCUT2D eigenvalue weighted by Gasteiger charge is -2.12. The molecule has 3 aromatic rings. The van der Waals surface area contributed by atoms with E-state index in [4.69, 9.17) is 23.8 Å². The Hall–Kier alpha value is -1.98. The molecule has 1 heterocycles. The quantitative estimate of drug-likeness (QED) is 0.569. The molecule has 130 valence electrons. The van der Waals surface area contributed by atoms with Gasteiger partial charge in [0, 0.05) is 22.7 Å². The van der Waals surface area contributed by atoms with E-state index in [2.05, 4.69) is 36.2 Å². The third-order valence-electron chi connectivity index (χ3n) is 4.47. The third kappa shape index (κ3) is 3.67. The van der Waals surface area contributed by atoms with E-state index in [1.807, 2.05) is 16.7 Å². The van der Waals surface area contributed by atoms with Crippen LogP contribution >= 0.6 is 23.8 Å². The normalized spacial score (nSPS) is 12.3. The van der Waals surface area contributed by atoms with E-state index in [0.717, 1.165) is 12.1 Å². The standard InChI is InChI=1S/C19H19ClFN3S/c1-3-12(2)13-7-9-14(10-8-13)24-18(22-23-19(24)25)11-15-16(20)5-4-6-17(15)21/h4-10,12H,3,11H2,1-2H3,(H,23,25). The highest BCUT2D eigenvalue weighted by atomic mass is 35.5. The molecule has 3 nitrogen and oxygen atoms in total. The van der Waals surface area contributed by atoms with Gasteiger partial charge >= 0.3 is 0 Å². The highest BCUT2D eigenvalue weighted by molar-refractivity contribution is 7.71. The number of rotatable bonds is 5. The summed E-state index contributed by atoms with van der Waals surface area (Å²) in [6.07, 6.45) is 1.34. The molecule has 25 heavy (non-hydrogen) atoms. The molecule has 0 aliphatic carbocycles. The molecule has 0 saturated carbocycles. The number of nitrogens with zero attached hydrogens (tertiary/aromatic N) is 2. The minimum Gasteiger partial charge on any atom is -0.272 e. The highest BCUT2D eigenvalue weighted by Crippen LogP contribution is 2.24. The number of aromatic nitrogens is 3. The molecule has 0 aliphatic heterocycles. The van der Waals surface area contributed by atoms with E-state index < -0.39 is 0 Å². The van der Waals surface area contributed by atoms with Crippen molar-refractivity contribution in [2.45, 2.75) is 32.6 Å². The summed E-state index contributed by atoms with van der Waals surface area (Å²) in [6, 6.07) is 12.9. The topological polar surface area (TPSA) is 33.6 Å². The van der Waals surface area contributed by atoms with Gasteiger partial charge in [-0.1, -0.05) is 43.6 Å². The monoisotopic (exact) mass is 375 g/mol. The van der Waals surface area contributed by atoms with Gasteiger partial charge in [0.25, 0.3) is 0 Å². The van der Waals surface area contributed by atoms with Gasteiger partial charge in [0.05, 0.1) is 0 Å². The SMILES string of the molecule is CCC(C)c1ccc(-n2c(Cc3c(F)cccc3Cl)n[nH]c2=S)cc1. The molecule has 0 amide bonds. The second-order valence-corrected chi connectivity index (χ2v) is 6.85. The Morgan fingerprint density at radius 1 is 1.24 bits per heavy atom. The van der Waals surface area contributed by atoms with Crippen molar-refractivity contribution < 1.29 is 4.39 Å². The van der Waals surface area contributed by atoms with Crippen molar-refractivity contribution in [1.29, 1.82) is 0 Å². The second-order valence-electron chi connectivity index (χ2n) is 6.06. The largest absolute Gasteiger partial charge is 0.272 e. The number of aromatic amines is 1. The Morgan fingerprint density at radius 3 is 2.60 bits per heavy atom. The molecule has 0 fully saturated rings. The molecule has 0 bridgehead atoms. The molecule has 1 N–H and O–H groups in total. The predicted molar refractivity (Wildman–Crippen MR) is 102 cm³/mol. The number of H-pyrrole nitrogens is 1. The Kier molecular flexibility index (Phi) is 5.35. The number of hydrogen-bond donors (Lipinski definition) is 1. The van der Waals surface area contributed by atoms with Gasteiger partial charge in [-0.15, -0.1) is 0 Å². The smallest absolute Gasteiger partial charge is 0.199 e. The number of halogens is 2. The second kappa shape index (κ2) is 7.50. The zero-order chi connectivity index (χ0) is 18.0. The Labute approximate surface area is 156 Å². The van der Waals surface area contributed by atoms with E-state index in [1.54, 1.807) is 12.1 Å². The summed E-state index contributed by atoms with van der Waals surface area (Å²) in [5, 5.41) is 7.44. The van der Waals surface area contributed by atoms with Gasteiger partial charge in [0.15, 0.2) is 4.77 Å². The molecule has 1 aromatic heterocycles. The zero-order valence-corrected chi connectivity index (χ0v) is 15.7. The van der Waals surface area contributed by atoms with E-state index in [9.17, 15) is 4.39 Å². The van der Waals surface area contributed by atoms with E-state index >= 15 is 0 Å². The van der Waals surface area contributed by atoms with Gasteiger partial charge in [0.1, 0.15) is 11.6 Å². The molecule has 0 spiro atoms. The van der Waals surface area contributed by atoms with Crippen molar-refractivity contribution in [3.63, 3.8) is 0 Å². The summed E-state index contributed by atoms with van der Waals surface area (Å²) in [5.74, 6) is 0.774. The molecule has 6 heteroatoms. The summed E-state index contributed by atoms with van der Waals surface area (Å²) in [5.41, 5.74) is 2.59. The van der Waals surface area contributed by atoms with Gasteiger partial charge in [-0.05, 0) is 54.4 Å². The van der Waals surface area contributed by atoms with Crippen LogP contribution in [0.5, 0.6) is 0 Å². The summed E-state index contributed by atoms with van der Waals surface area (Å²) in [4.78, 5) is 0. The lowest BCUT2D eigenvalue weighted by atomic mass is 9.98. The molecule has 1 unspecified atom stereocenters. The number of hydrogen-bond acceptors (Lipinski definition) is 2. The van der Waals surface area contributed by atoms with Crippen molar-refractivity contribution in [1.82, 2.24) is 14.8 Å². The zero-order valence-electron chi connectivity index (χ0n) is 14.1. The van der Waals surface area contributed by atoms with Crippen LogP contribution in [0.3, 0.4) is 0 Å².